The Morgan fingerprint density at radius 3 is 2.59 bits per heavy atom. The number of esters is 1. The zero-order valence-corrected chi connectivity index (χ0v) is 17.9. The fourth-order valence-corrected chi connectivity index (χ4v) is 3.78. The van der Waals surface area contributed by atoms with Crippen LogP contribution in [0.1, 0.15) is 17.3 Å². The maximum Gasteiger partial charge on any atom is 0.338 e. The van der Waals surface area contributed by atoms with Gasteiger partial charge in [-0.3, -0.25) is 4.79 Å². The van der Waals surface area contributed by atoms with Gasteiger partial charge in [0, 0.05) is 23.6 Å². The lowest BCUT2D eigenvalue weighted by Gasteiger charge is -2.07. The molecule has 2 heterocycles. The minimum atomic E-state index is -0.402. The van der Waals surface area contributed by atoms with Crippen LogP contribution in [-0.2, 0) is 9.53 Å². The highest BCUT2D eigenvalue weighted by Gasteiger charge is 2.12. The molecule has 4 aromatic rings. The third-order valence-electron chi connectivity index (χ3n) is 4.51. The van der Waals surface area contributed by atoms with Crippen LogP contribution in [0.3, 0.4) is 0 Å². The lowest BCUT2D eigenvalue weighted by atomic mass is 10.1. The molecular formula is C23H19FN4O3S. The van der Waals surface area contributed by atoms with Crippen LogP contribution in [0.2, 0.25) is 0 Å². The van der Waals surface area contributed by atoms with Crippen molar-refractivity contribution in [2.24, 2.45) is 0 Å². The molecular weight excluding hydrogens is 431 g/mol. The lowest BCUT2D eigenvalue weighted by molar-refractivity contribution is -0.113. The number of carbonyl (C=O) groups is 2. The fourth-order valence-electron chi connectivity index (χ4n) is 3.01. The number of thioether (sulfide) groups is 1. The third-order valence-corrected chi connectivity index (χ3v) is 5.51. The summed E-state index contributed by atoms with van der Waals surface area (Å²) in [6.07, 6.45) is 3.33. The molecule has 4 rings (SSSR count). The van der Waals surface area contributed by atoms with Gasteiger partial charge in [-0.2, -0.15) is 5.10 Å². The number of carbonyl (C=O) groups excluding carboxylic acids is 2. The van der Waals surface area contributed by atoms with Crippen molar-refractivity contribution in [3.63, 3.8) is 0 Å². The van der Waals surface area contributed by atoms with Gasteiger partial charge in [0.2, 0.25) is 5.91 Å². The molecule has 162 valence electrons. The van der Waals surface area contributed by atoms with Crippen molar-refractivity contribution in [2.45, 2.75) is 11.9 Å². The second-order valence-corrected chi connectivity index (χ2v) is 7.70. The average molecular weight is 450 g/mol. The Bertz CT molecular complexity index is 1260. The number of hydrogen-bond donors (Lipinski definition) is 1. The molecule has 0 atom stereocenters. The van der Waals surface area contributed by atoms with Crippen molar-refractivity contribution >= 4 is 34.8 Å². The van der Waals surface area contributed by atoms with Gasteiger partial charge in [0.15, 0.2) is 0 Å². The van der Waals surface area contributed by atoms with Crippen LogP contribution >= 0.6 is 11.8 Å². The molecule has 7 nitrogen and oxygen atoms in total. The summed E-state index contributed by atoms with van der Waals surface area (Å²) in [6.45, 7) is 2.05. The van der Waals surface area contributed by atoms with E-state index in [0.29, 0.717) is 28.6 Å². The maximum atomic E-state index is 13.2. The quantitative estimate of drug-likeness (QED) is 0.331. The van der Waals surface area contributed by atoms with Gasteiger partial charge >= 0.3 is 5.97 Å². The van der Waals surface area contributed by atoms with E-state index in [-0.39, 0.29) is 17.5 Å². The Morgan fingerprint density at radius 1 is 1.12 bits per heavy atom. The van der Waals surface area contributed by atoms with Crippen molar-refractivity contribution in [1.82, 2.24) is 14.6 Å². The zero-order chi connectivity index (χ0) is 22.5. The second kappa shape index (κ2) is 9.61. The highest BCUT2D eigenvalue weighted by Crippen LogP contribution is 2.26. The van der Waals surface area contributed by atoms with Crippen molar-refractivity contribution in [1.29, 1.82) is 0 Å². The normalized spacial score (nSPS) is 10.8. The maximum absolute atomic E-state index is 13.2. The van der Waals surface area contributed by atoms with Crippen LogP contribution in [0, 0.1) is 5.82 Å². The van der Waals surface area contributed by atoms with Gasteiger partial charge in [0.25, 0.3) is 0 Å². The highest BCUT2D eigenvalue weighted by molar-refractivity contribution is 8.00. The molecule has 0 spiro atoms. The van der Waals surface area contributed by atoms with Crippen LogP contribution in [0.25, 0.3) is 16.8 Å². The van der Waals surface area contributed by atoms with Gasteiger partial charge in [-0.1, -0.05) is 11.8 Å². The molecule has 0 aliphatic carbocycles. The Balaban J connectivity index is 1.42. The third kappa shape index (κ3) is 4.94. The number of anilines is 1. The summed E-state index contributed by atoms with van der Waals surface area (Å²) in [5.74, 6) is -0.776. The number of amides is 1. The van der Waals surface area contributed by atoms with Crippen LogP contribution in [0.5, 0.6) is 0 Å². The predicted molar refractivity (Wildman–Crippen MR) is 120 cm³/mol. The number of hydrogen-bond acceptors (Lipinski definition) is 6. The SMILES string of the molecule is CCOC(=O)c1ccc(NC(=O)CSc2nccn3nc(-c4ccc(F)cc4)cc23)cc1. The standard InChI is InChI=1S/C23H19FN4O3S/c1-2-31-23(30)16-5-9-18(10-6-16)26-21(29)14-32-22-20-13-19(27-28(20)12-11-25-22)15-3-7-17(24)8-4-15/h3-13H,2,14H2,1H3,(H,26,29). The summed E-state index contributed by atoms with van der Waals surface area (Å²) >= 11 is 1.28. The van der Waals surface area contributed by atoms with Gasteiger partial charge in [-0.05, 0) is 61.5 Å². The lowest BCUT2D eigenvalue weighted by Crippen LogP contribution is -2.14. The van der Waals surface area contributed by atoms with Gasteiger partial charge < -0.3 is 10.1 Å². The number of nitrogens with one attached hydrogen (secondary N) is 1. The molecule has 0 radical (unpaired) electrons. The number of nitrogens with zero attached hydrogens (tertiary/aromatic N) is 3. The molecule has 32 heavy (non-hydrogen) atoms. The van der Waals surface area contributed by atoms with Crippen LogP contribution < -0.4 is 5.32 Å². The first kappa shape index (κ1) is 21.5. The summed E-state index contributed by atoms with van der Waals surface area (Å²) in [5, 5.41) is 7.96. The minimum Gasteiger partial charge on any atom is -0.462 e. The van der Waals surface area contributed by atoms with E-state index in [4.69, 9.17) is 4.74 Å². The molecule has 0 saturated heterocycles. The van der Waals surface area contributed by atoms with Crippen LogP contribution in [0.15, 0.2) is 72.0 Å². The summed E-state index contributed by atoms with van der Waals surface area (Å²) in [7, 11) is 0. The fraction of sp³-hybridized carbons (Fsp3) is 0.130. The first-order chi connectivity index (χ1) is 15.5. The van der Waals surface area contributed by atoms with E-state index >= 15 is 0 Å². The molecule has 2 aromatic carbocycles. The number of fused-ring (bicyclic) bond motifs is 1. The largest absolute Gasteiger partial charge is 0.462 e. The van der Waals surface area contributed by atoms with E-state index in [9.17, 15) is 14.0 Å². The minimum absolute atomic E-state index is 0.142. The number of benzene rings is 2. The number of ether oxygens (including phenoxy) is 1. The van der Waals surface area contributed by atoms with E-state index in [0.717, 1.165) is 11.1 Å². The van der Waals surface area contributed by atoms with Gasteiger partial charge in [0.1, 0.15) is 10.8 Å². The van der Waals surface area contributed by atoms with E-state index in [2.05, 4.69) is 15.4 Å². The highest BCUT2D eigenvalue weighted by atomic mass is 32.2. The van der Waals surface area contributed by atoms with E-state index in [1.54, 1.807) is 60.2 Å². The molecule has 2 aromatic heterocycles. The number of halogens is 1. The summed E-state index contributed by atoms with van der Waals surface area (Å²) < 4.78 is 19.8. The molecule has 1 amide bonds. The predicted octanol–water partition coefficient (Wildman–Crippen LogP) is 4.44. The van der Waals surface area contributed by atoms with E-state index in [1.165, 1.54) is 23.9 Å². The van der Waals surface area contributed by atoms with Crippen molar-refractivity contribution < 1.29 is 18.7 Å². The molecule has 0 fully saturated rings. The first-order valence-electron chi connectivity index (χ1n) is 9.83. The van der Waals surface area contributed by atoms with Crippen molar-refractivity contribution in [3.05, 3.63) is 78.4 Å². The number of aromatic nitrogens is 3. The molecule has 0 aliphatic heterocycles. The Hall–Kier alpha value is -3.72. The average Bonchev–Trinajstić information content (AvgIpc) is 3.24. The topological polar surface area (TPSA) is 85.6 Å². The Morgan fingerprint density at radius 2 is 1.88 bits per heavy atom. The Kier molecular flexibility index (Phi) is 6.46. The van der Waals surface area contributed by atoms with Crippen molar-refractivity contribution in [3.8, 4) is 11.3 Å². The Labute approximate surface area is 187 Å². The molecule has 0 unspecified atom stereocenters. The first-order valence-corrected chi connectivity index (χ1v) is 10.8. The van der Waals surface area contributed by atoms with E-state index in [1.807, 2.05) is 6.07 Å². The van der Waals surface area contributed by atoms with Crippen LogP contribution in [0.4, 0.5) is 10.1 Å². The molecule has 9 heteroatoms. The zero-order valence-electron chi connectivity index (χ0n) is 17.1. The smallest absolute Gasteiger partial charge is 0.338 e. The second-order valence-electron chi connectivity index (χ2n) is 6.73. The molecule has 1 N–H and O–H groups in total. The van der Waals surface area contributed by atoms with Gasteiger partial charge in [0.05, 0.1) is 29.1 Å². The summed E-state index contributed by atoms with van der Waals surface area (Å²) in [4.78, 5) is 28.5. The molecule has 0 aliphatic rings. The van der Waals surface area contributed by atoms with Gasteiger partial charge in [-0.15, -0.1) is 0 Å². The monoisotopic (exact) mass is 450 g/mol. The summed E-state index contributed by atoms with van der Waals surface area (Å²) in [5.41, 5.74) is 3.23. The summed E-state index contributed by atoms with van der Waals surface area (Å²) in [6, 6.07) is 14.5. The van der Waals surface area contributed by atoms with Crippen molar-refractivity contribution in [2.75, 3.05) is 17.7 Å². The number of rotatable bonds is 7. The van der Waals surface area contributed by atoms with Gasteiger partial charge in [-0.25, -0.2) is 18.7 Å². The molecule has 0 saturated carbocycles. The van der Waals surface area contributed by atoms with E-state index < -0.39 is 5.97 Å². The molecule has 0 bridgehead atoms. The van der Waals surface area contributed by atoms with Crippen LogP contribution in [-0.4, -0.2) is 38.8 Å².